The smallest absolute Gasteiger partial charge is 0.429 e. The maximum Gasteiger partial charge on any atom is 0.429 e. The highest BCUT2D eigenvalue weighted by Gasteiger charge is 2.24. The van der Waals surface area contributed by atoms with Crippen molar-refractivity contribution in [2.75, 3.05) is 6.61 Å². The Bertz CT molecular complexity index is 694. The molecule has 0 bridgehead atoms. The van der Waals surface area contributed by atoms with Crippen LogP contribution in [0.2, 0.25) is 0 Å². The molecule has 0 aliphatic heterocycles. The third-order valence-corrected chi connectivity index (χ3v) is 3.53. The first-order valence-corrected chi connectivity index (χ1v) is 8.18. The van der Waals surface area contributed by atoms with Crippen LogP contribution in [0.5, 0.6) is 0 Å². The fourth-order valence-electron chi connectivity index (χ4n) is 2.06. The molecular formula is C19H22N2O5. The minimum atomic E-state index is -0.814. The summed E-state index contributed by atoms with van der Waals surface area (Å²) in [5.41, 5.74) is 3.94. The van der Waals surface area contributed by atoms with Gasteiger partial charge in [-0.25, -0.2) is 20.0 Å². The molecule has 0 saturated heterocycles. The largest absolute Gasteiger partial charge is 0.443 e. The van der Waals surface area contributed by atoms with Crippen molar-refractivity contribution in [2.24, 2.45) is 0 Å². The van der Waals surface area contributed by atoms with Gasteiger partial charge in [-0.2, -0.15) is 0 Å². The highest BCUT2D eigenvalue weighted by molar-refractivity contribution is 5.74. The van der Waals surface area contributed by atoms with Gasteiger partial charge in [0.25, 0.3) is 0 Å². The first-order valence-electron chi connectivity index (χ1n) is 8.18. The van der Waals surface area contributed by atoms with Crippen LogP contribution in [-0.2, 0) is 22.7 Å². The van der Waals surface area contributed by atoms with Crippen molar-refractivity contribution in [3.63, 3.8) is 0 Å². The van der Waals surface area contributed by atoms with E-state index in [4.69, 9.17) is 9.47 Å². The van der Waals surface area contributed by atoms with Gasteiger partial charge in [0, 0.05) is 0 Å². The Kier molecular flexibility index (Phi) is 7.45. The van der Waals surface area contributed by atoms with E-state index in [0.717, 1.165) is 16.1 Å². The van der Waals surface area contributed by atoms with Crippen molar-refractivity contribution in [1.29, 1.82) is 0 Å². The van der Waals surface area contributed by atoms with Gasteiger partial charge in [0.2, 0.25) is 0 Å². The minimum Gasteiger partial charge on any atom is -0.443 e. The topological polar surface area (TPSA) is 88.1 Å². The van der Waals surface area contributed by atoms with Gasteiger partial charge in [-0.15, -0.1) is 0 Å². The van der Waals surface area contributed by atoms with Crippen LogP contribution in [0.25, 0.3) is 0 Å². The highest BCUT2D eigenvalue weighted by Crippen LogP contribution is 2.06. The number of aliphatic hydroxyl groups excluding tert-OH is 1. The Labute approximate surface area is 152 Å². The molecule has 0 aliphatic rings. The molecule has 0 aromatic heterocycles. The number of benzene rings is 2. The van der Waals surface area contributed by atoms with Gasteiger partial charge in [0.15, 0.2) is 0 Å². The van der Waals surface area contributed by atoms with Crippen LogP contribution in [0.4, 0.5) is 9.59 Å². The Morgan fingerprint density at radius 2 is 1.46 bits per heavy atom. The molecular weight excluding hydrogens is 336 g/mol. The van der Waals surface area contributed by atoms with E-state index >= 15 is 0 Å². The molecule has 0 fully saturated rings. The van der Waals surface area contributed by atoms with Crippen LogP contribution >= 0.6 is 0 Å². The molecule has 2 aromatic carbocycles. The number of nitrogens with one attached hydrogen (secondary N) is 1. The SMILES string of the molecule is C[C@H](CO)N(NC(=O)OCc1ccccc1)C(=O)OCc1ccccc1. The number of rotatable bonds is 6. The molecule has 0 heterocycles. The number of carbonyl (C=O) groups is 2. The summed E-state index contributed by atoms with van der Waals surface area (Å²) in [4.78, 5) is 24.2. The summed E-state index contributed by atoms with van der Waals surface area (Å²) in [6.45, 7) is 1.34. The minimum absolute atomic E-state index is 0.0507. The van der Waals surface area contributed by atoms with E-state index in [-0.39, 0.29) is 19.8 Å². The van der Waals surface area contributed by atoms with E-state index in [1.54, 1.807) is 6.92 Å². The van der Waals surface area contributed by atoms with E-state index < -0.39 is 18.2 Å². The van der Waals surface area contributed by atoms with Gasteiger partial charge in [-0.3, -0.25) is 0 Å². The molecule has 0 unspecified atom stereocenters. The lowest BCUT2D eigenvalue weighted by Gasteiger charge is -2.26. The van der Waals surface area contributed by atoms with Crippen molar-refractivity contribution in [3.8, 4) is 0 Å². The summed E-state index contributed by atoms with van der Waals surface area (Å²) in [5.74, 6) is 0. The first kappa shape index (κ1) is 19.3. The van der Waals surface area contributed by atoms with E-state index in [1.165, 1.54) is 0 Å². The van der Waals surface area contributed by atoms with Gasteiger partial charge in [0.05, 0.1) is 12.6 Å². The lowest BCUT2D eigenvalue weighted by molar-refractivity contribution is 0.0367. The predicted molar refractivity (Wildman–Crippen MR) is 94.8 cm³/mol. The van der Waals surface area contributed by atoms with Crippen LogP contribution in [0, 0.1) is 0 Å². The second-order valence-corrected chi connectivity index (χ2v) is 5.62. The highest BCUT2D eigenvalue weighted by atomic mass is 16.6. The van der Waals surface area contributed by atoms with E-state index in [0.29, 0.717) is 0 Å². The monoisotopic (exact) mass is 358 g/mol. The van der Waals surface area contributed by atoms with Gasteiger partial charge in [-0.1, -0.05) is 60.7 Å². The number of carbonyl (C=O) groups excluding carboxylic acids is 2. The molecule has 0 spiro atoms. The van der Waals surface area contributed by atoms with Crippen LogP contribution in [0.3, 0.4) is 0 Å². The molecule has 1 atom stereocenters. The zero-order valence-corrected chi connectivity index (χ0v) is 14.5. The fraction of sp³-hybridized carbons (Fsp3) is 0.263. The van der Waals surface area contributed by atoms with E-state index in [1.807, 2.05) is 60.7 Å². The second-order valence-electron chi connectivity index (χ2n) is 5.62. The molecule has 7 nitrogen and oxygen atoms in total. The van der Waals surface area contributed by atoms with Crippen molar-refractivity contribution < 1.29 is 24.2 Å². The quantitative estimate of drug-likeness (QED) is 0.775. The Morgan fingerprint density at radius 1 is 0.962 bits per heavy atom. The normalized spacial score (nSPS) is 11.3. The Hall–Kier alpha value is -3.06. The molecule has 2 rings (SSSR count). The molecule has 2 amide bonds. The summed E-state index contributed by atoms with van der Waals surface area (Å²) in [6.07, 6.45) is -1.60. The zero-order chi connectivity index (χ0) is 18.8. The third kappa shape index (κ3) is 6.10. The fourth-order valence-corrected chi connectivity index (χ4v) is 2.06. The molecule has 0 saturated carbocycles. The lowest BCUT2D eigenvalue weighted by atomic mass is 10.2. The van der Waals surface area contributed by atoms with Crippen LogP contribution < -0.4 is 5.43 Å². The van der Waals surface area contributed by atoms with Gasteiger partial charge in [0.1, 0.15) is 13.2 Å². The summed E-state index contributed by atoms with van der Waals surface area (Å²) in [7, 11) is 0. The molecule has 0 aliphatic carbocycles. The molecule has 26 heavy (non-hydrogen) atoms. The van der Waals surface area contributed by atoms with Crippen LogP contribution in [-0.4, -0.2) is 35.0 Å². The Morgan fingerprint density at radius 3 is 1.96 bits per heavy atom. The lowest BCUT2D eigenvalue weighted by Crippen LogP contribution is -2.52. The number of amides is 2. The summed E-state index contributed by atoms with van der Waals surface area (Å²) in [6, 6.07) is 17.6. The zero-order valence-electron chi connectivity index (χ0n) is 14.5. The molecule has 0 radical (unpaired) electrons. The predicted octanol–water partition coefficient (Wildman–Crippen LogP) is 2.85. The van der Waals surface area contributed by atoms with Gasteiger partial charge in [-0.05, 0) is 18.1 Å². The van der Waals surface area contributed by atoms with Crippen molar-refractivity contribution >= 4 is 12.2 Å². The first-order chi connectivity index (χ1) is 12.6. The number of hydrogen-bond acceptors (Lipinski definition) is 5. The van der Waals surface area contributed by atoms with Gasteiger partial charge >= 0.3 is 12.2 Å². The average Bonchev–Trinajstić information content (AvgIpc) is 2.69. The number of ether oxygens (including phenoxy) is 2. The number of hydrogen-bond donors (Lipinski definition) is 2. The van der Waals surface area contributed by atoms with Crippen LogP contribution in [0.1, 0.15) is 18.1 Å². The molecule has 2 N–H and O–H groups in total. The number of aliphatic hydroxyl groups is 1. The molecule has 138 valence electrons. The average molecular weight is 358 g/mol. The maximum atomic E-state index is 12.2. The van der Waals surface area contributed by atoms with Gasteiger partial charge < -0.3 is 14.6 Å². The Balaban J connectivity index is 1.89. The standard InChI is InChI=1S/C19H22N2O5/c1-15(12-22)21(19(24)26-14-17-10-6-3-7-11-17)20-18(23)25-13-16-8-4-2-5-9-16/h2-11,15,22H,12-14H2,1H3,(H,20,23)/t15-/m1/s1. The number of hydrazine groups is 1. The third-order valence-electron chi connectivity index (χ3n) is 3.53. The van der Waals surface area contributed by atoms with Crippen molar-refractivity contribution in [3.05, 3.63) is 71.8 Å². The van der Waals surface area contributed by atoms with E-state index in [2.05, 4.69) is 5.43 Å². The van der Waals surface area contributed by atoms with Crippen LogP contribution in [0.15, 0.2) is 60.7 Å². The van der Waals surface area contributed by atoms with E-state index in [9.17, 15) is 14.7 Å². The number of nitrogens with zero attached hydrogens (tertiary/aromatic N) is 1. The van der Waals surface area contributed by atoms with Crippen molar-refractivity contribution in [1.82, 2.24) is 10.4 Å². The molecule has 2 aromatic rings. The summed E-state index contributed by atoms with van der Waals surface area (Å²) >= 11 is 0. The summed E-state index contributed by atoms with van der Waals surface area (Å²) in [5, 5.41) is 10.2. The summed E-state index contributed by atoms with van der Waals surface area (Å²) < 4.78 is 10.3. The second kappa shape index (κ2) is 10.0. The van der Waals surface area contributed by atoms with Crippen molar-refractivity contribution in [2.45, 2.75) is 26.2 Å². The maximum absolute atomic E-state index is 12.2. The molecule has 7 heteroatoms.